The number of aliphatic carboxylic acids is 1. The van der Waals surface area contributed by atoms with Gasteiger partial charge in [0.25, 0.3) is 0 Å². The molecule has 12 heavy (non-hydrogen) atoms. The average Bonchev–Trinajstić information content (AvgIpc) is 2.05. The molecule has 0 bridgehead atoms. The monoisotopic (exact) mass is 165 g/mol. The first-order chi connectivity index (χ1) is 5.70. The Bertz CT molecular complexity index is 265. The number of carbonyl (C=O) groups is 1. The van der Waals surface area contributed by atoms with Crippen LogP contribution in [0.2, 0.25) is 0 Å². The van der Waals surface area contributed by atoms with Crippen LogP contribution in [0.25, 0.3) is 0 Å². The summed E-state index contributed by atoms with van der Waals surface area (Å²) in [5, 5.41) is 17.6. The molecule has 0 amide bonds. The topological polar surface area (TPSA) is 70.4 Å². The van der Waals surface area contributed by atoms with Gasteiger partial charge in [-0.15, -0.1) is 0 Å². The van der Waals surface area contributed by atoms with E-state index < -0.39 is 12.1 Å². The minimum atomic E-state index is -1.03. The second-order valence-electron chi connectivity index (χ2n) is 2.37. The van der Waals surface area contributed by atoms with E-state index in [4.69, 9.17) is 5.11 Å². The molecule has 0 fully saturated rings. The number of carboxylic acid groups (broad SMARTS) is 1. The van der Waals surface area contributed by atoms with E-state index in [2.05, 4.69) is 4.98 Å². The zero-order valence-corrected chi connectivity index (χ0v) is 6.34. The van der Waals surface area contributed by atoms with Gasteiger partial charge in [-0.1, -0.05) is 0 Å². The van der Waals surface area contributed by atoms with Crippen molar-refractivity contribution in [3.8, 4) is 0 Å². The maximum absolute atomic E-state index is 10.2. The fourth-order valence-electron chi connectivity index (χ4n) is 0.843. The van der Waals surface area contributed by atoms with Crippen molar-refractivity contribution < 1.29 is 15.0 Å². The molecule has 1 heterocycles. The maximum atomic E-state index is 10.2. The Balaban J connectivity index is 2.65. The molecule has 0 saturated carbocycles. The van der Waals surface area contributed by atoms with E-state index in [9.17, 15) is 9.90 Å². The van der Waals surface area contributed by atoms with E-state index in [1.165, 1.54) is 6.20 Å². The summed E-state index contributed by atoms with van der Waals surface area (Å²) in [5.74, 6) is 2.26. The van der Waals surface area contributed by atoms with Crippen molar-refractivity contribution in [2.24, 2.45) is 0 Å². The molecular weight excluding hydrogens is 157 g/mol. The van der Waals surface area contributed by atoms with Crippen molar-refractivity contribution in [2.75, 3.05) is 0 Å². The molecule has 1 aromatic heterocycles. The quantitative estimate of drug-likeness (QED) is 0.657. The molecule has 1 rings (SSSR count). The Hall–Kier alpha value is -1.23. The van der Waals surface area contributed by atoms with Crippen LogP contribution >= 0.6 is 0 Å². The summed E-state index contributed by atoms with van der Waals surface area (Å²) in [6, 6.07) is 0. The predicted molar refractivity (Wildman–Crippen MR) is 42.8 cm³/mol. The van der Waals surface area contributed by atoms with E-state index in [-0.39, 0.29) is 6.42 Å². The third-order valence-corrected chi connectivity index (χ3v) is 1.40. The normalized spacial score (nSPS) is 12.1. The summed E-state index contributed by atoms with van der Waals surface area (Å²) >= 11 is 0. The first-order valence-corrected chi connectivity index (χ1v) is 3.51. The van der Waals surface area contributed by atoms with Crippen LogP contribution in [0.3, 0.4) is 0 Å². The van der Waals surface area contributed by atoms with Crippen LogP contribution in [0.5, 0.6) is 0 Å². The number of aliphatic hydroxyl groups excluding tert-OH is 1. The molecule has 0 spiro atoms. The molecular formula is C7H8BNO3. The molecule has 0 aromatic carbocycles. The molecule has 0 radical (unpaired) electrons. The Morgan fingerprint density at radius 2 is 2.50 bits per heavy atom. The van der Waals surface area contributed by atoms with Gasteiger partial charge in [0.05, 0.1) is 0 Å². The van der Waals surface area contributed by atoms with E-state index in [1.807, 2.05) is 0 Å². The predicted octanol–water partition coefficient (Wildman–Crippen LogP) is -0.0722. The molecule has 0 aliphatic carbocycles. The van der Waals surface area contributed by atoms with Crippen molar-refractivity contribution in [1.82, 2.24) is 4.98 Å². The van der Waals surface area contributed by atoms with Gasteiger partial charge in [0.15, 0.2) is 0 Å². The molecule has 1 aromatic rings. The standard InChI is InChI=1S/C7H8BNO3/c10-6(3-7(11)12)5-4-8-1-2-9-5/h1-2,4,6,10H,3H2,(H,11,12). The molecule has 62 valence electrons. The molecule has 1 unspecified atom stereocenters. The minimum absolute atomic E-state index is 0.309. The van der Waals surface area contributed by atoms with Crippen LogP contribution in [0.15, 0.2) is 18.1 Å². The Morgan fingerprint density at radius 3 is 3.00 bits per heavy atom. The third kappa shape index (κ3) is 2.43. The van der Waals surface area contributed by atoms with Crippen molar-refractivity contribution in [3.63, 3.8) is 0 Å². The summed E-state index contributed by atoms with van der Waals surface area (Å²) in [4.78, 5) is 14.0. The zero-order valence-electron chi connectivity index (χ0n) is 6.34. The van der Waals surface area contributed by atoms with Crippen LogP contribution in [0, 0.1) is 0 Å². The van der Waals surface area contributed by atoms with Crippen molar-refractivity contribution in [3.05, 3.63) is 23.8 Å². The summed E-state index contributed by atoms with van der Waals surface area (Å²) < 4.78 is 0. The molecule has 4 nitrogen and oxygen atoms in total. The van der Waals surface area contributed by atoms with Crippen LogP contribution in [0.1, 0.15) is 18.2 Å². The van der Waals surface area contributed by atoms with Crippen molar-refractivity contribution >= 4 is 12.9 Å². The molecule has 2 N–H and O–H groups in total. The number of hydrogen-bond donors (Lipinski definition) is 2. The van der Waals surface area contributed by atoms with Gasteiger partial charge < -0.3 is 0 Å². The summed E-state index contributed by atoms with van der Waals surface area (Å²) in [5.41, 5.74) is 0.389. The van der Waals surface area contributed by atoms with Crippen LogP contribution in [0.4, 0.5) is 0 Å². The number of carboxylic acids is 1. The van der Waals surface area contributed by atoms with Gasteiger partial charge in [-0.25, -0.2) is 0 Å². The Labute approximate surface area is 70.1 Å². The van der Waals surface area contributed by atoms with Gasteiger partial charge in [-0.05, 0) is 0 Å². The molecule has 0 aliphatic rings. The zero-order chi connectivity index (χ0) is 8.97. The molecule has 1 atom stereocenters. The van der Waals surface area contributed by atoms with Gasteiger partial charge in [0.1, 0.15) is 0 Å². The van der Waals surface area contributed by atoms with E-state index in [0.717, 1.165) is 0 Å². The first-order valence-electron chi connectivity index (χ1n) is 3.51. The number of aliphatic hydroxyl groups is 1. The van der Waals surface area contributed by atoms with E-state index in [1.54, 1.807) is 18.8 Å². The van der Waals surface area contributed by atoms with Gasteiger partial charge >= 0.3 is 69.2 Å². The van der Waals surface area contributed by atoms with Gasteiger partial charge in [0, 0.05) is 0 Å². The van der Waals surface area contributed by atoms with Crippen LogP contribution < -0.4 is 0 Å². The fourth-order valence-corrected chi connectivity index (χ4v) is 0.843. The van der Waals surface area contributed by atoms with Gasteiger partial charge in [-0.3, -0.25) is 0 Å². The summed E-state index contributed by atoms with van der Waals surface area (Å²) in [6.07, 6.45) is 0.195. The molecule has 5 heteroatoms. The number of hydrogen-bond acceptors (Lipinski definition) is 3. The van der Waals surface area contributed by atoms with E-state index in [0.29, 0.717) is 5.69 Å². The van der Waals surface area contributed by atoms with Crippen molar-refractivity contribution in [2.45, 2.75) is 12.5 Å². The summed E-state index contributed by atoms with van der Waals surface area (Å²) in [6.45, 7) is 1.70. The first kappa shape index (κ1) is 8.87. The van der Waals surface area contributed by atoms with E-state index >= 15 is 0 Å². The second kappa shape index (κ2) is 3.97. The van der Waals surface area contributed by atoms with Gasteiger partial charge in [0.2, 0.25) is 0 Å². The Morgan fingerprint density at radius 1 is 1.75 bits per heavy atom. The average molecular weight is 165 g/mol. The molecule has 0 aliphatic heterocycles. The Kier molecular flexibility index (Phi) is 2.93. The SMILES string of the molecule is O=C(O)CC(O)c1cbccn1. The van der Waals surface area contributed by atoms with Crippen molar-refractivity contribution in [1.29, 1.82) is 0 Å². The number of rotatable bonds is 3. The fraction of sp³-hybridized carbons (Fsp3) is 0.286. The number of nitrogens with zero attached hydrogens (tertiary/aromatic N) is 1. The summed E-state index contributed by atoms with van der Waals surface area (Å²) in [7, 11) is 0. The van der Waals surface area contributed by atoms with Crippen LogP contribution in [-0.2, 0) is 4.79 Å². The van der Waals surface area contributed by atoms with Crippen LogP contribution in [-0.4, -0.2) is 28.1 Å². The van der Waals surface area contributed by atoms with Gasteiger partial charge in [-0.2, -0.15) is 0 Å². The third-order valence-electron chi connectivity index (χ3n) is 1.40. The number of aromatic nitrogens is 1. The second-order valence-corrected chi connectivity index (χ2v) is 2.37. The molecule has 0 saturated heterocycles.